The molecule has 0 spiro atoms. The Balaban J connectivity index is 1.96. The largest absolute Gasteiger partial charge is 0.497 e. The van der Waals surface area contributed by atoms with Crippen LogP contribution in [-0.4, -0.2) is 25.5 Å². The van der Waals surface area contributed by atoms with Gasteiger partial charge in [0, 0.05) is 16.3 Å². The zero-order valence-electron chi connectivity index (χ0n) is 16.9. The van der Waals surface area contributed by atoms with Crippen molar-refractivity contribution in [1.82, 2.24) is 10.7 Å². The van der Waals surface area contributed by atoms with Crippen LogP contribution in [0.3, 0.4) is 0 Å². The van der Waals surface area contributed by atoms with Crippen LogP contribution < -0.4 is 26.6 Å². The molecule has 0 aliphatic carbocycles. The molecule has 2 amide bonds. The van der Waals surface area contributed by atoms with E-state index in [1.54, 1.807) is 43.5 Å². The highest BCUT2D eigenvalue weighted by Crippen LogP contribution is 2.31. The zero-order valence-corrected chi connectivity index (χ0v) is 17.6. The smallest absolute Gasteiger partial charge is 0.255 e. The Kier molecular flexibility index (Phi) is 7.61. The van der Waals surface area contributed by atoms with Crippen LogP contribution in [0.15, 0.2) is 72.8 Å². The van der Waals surface area contributed by atoms with E-state index in [0.717, 1.165) is 11.1 Å². The van der Waals surface area contributed by atoms with E-state index in [1.807, 2.05) is 36.4 Å². The van der Waals surface area contributed by atoms with Gasteiger partial charge in [0.1, 0.15) is 5.75 Å². The summed E-state index contributed by atoms with van der Waals surface area (Å²) in [6, 6.07) is 21.2. The third kappa shape index (κ3) is 5.82. The minimum absolute atomic E-state index is 0.0119. The van der Waals surface area contributed by atoms with Crippen molar-refractivity contribution in [3.8, 4) is 5.75 Å². The second-order valence-electron chi connectivity index (χ2n) is 6.71. The molecule has 0 fully saturated rings. The summed E-state index contributed by atoms with van der Waals surface area (Å²) in [7, 11) is 1.54. The van der Waals surface area contributed by atoms with E-state index < -0.39 is 6.04 Å². The molecule has 0 aromatic heterocycles. The molecule has 3 rings (SSSR count). The molecule has 0 aliphatic heterocycles. The van der Waals surface area contributed by atoms with Gasteiger partial charge in [-0.15, -0.1) is 0 Å². The Bertz CT molecular complexity index is 1060. The van der Waals surface area contributed by atoms with Gasteiger partial charge in [-0.2, -0.15) is 0 Å². The van der Waals surface area contributed by atoms with Gasteiger partial charge in [-0.05, 0) is 41.5 Å². The molecular formula is C23H23ClN4O3. The topological polar surface area (TPSA) is 105 Å². The van der Waals surface area contributed by atoms with Gasteiger partial charge in [0.05, 0.1) is 19.7 Å². The number of anilines is 1. The van der Waals surface area contributed by atoms with Gasteiger partial charge in [0.25, 0.3) is 5.91 Å². The van der Waals surface area contributed by atoms with Crippen molar-refractivity contribution in [3.63, 3.8) is 0 Å². The van der Waals surface area contributed by atoms with Crippen LogP contribution in [0.1, 0.15) is 27.5 Å². The summed E-state index contributed by atoms with van der Waals surface area (Å²) in [5, 5.41) is 6.58. The molecule has 8 heteroatoms. The van der Waals surface area contributed by atoms with E-state index in [4.69, 9.17) is 22.2 Å². The van der Waals surface area contributed by atoms with Gasteiger partial charge in [0.15, 0.2) is 0 Å². The van der Waals surface area contributed by atoms with E-state index in [-0.39, 0.29) is 18.4 Å². The van der Waals surface area contributed by atoms with Crippen LogP contribution in [0.2, 0.25) is 5.02 Å². The van der Waals surface area contributed by atoms with Crippen molar-refractivity contribution in [1.29, 1.82) is 0 Å². The second-order valence-corrected chi connectivity index (χ2v) is 7.15. The number of rotatable bonds is 8. The number of benzene rings is 3. The number of amides is 2. The average molecular weight is 439 g/mol. The molecular weight excluding hydrogens is 416 g/mol. The monoisotopic (exact) mass is 438 g/mol. The van der Waals surface area contributed by atoms with Crippen LogP contribution in [-0.2, 0) is 4.79 Å². The van der Waals surface area contributed by atoms with Gasteiger partial charge in [-0.25, -0.2) is 5.84 Å². The Morgan fingerprint density at radius 3 is 2.52 bits per heavy atom. The normalized spacial score (nSPS) is 11.5. The summed E-state index contributed by atoms with van der Waals surface area (Å²) in [6.45, 7) is -0.0119. The van der Waals surface area contributed by atoms with E-state index in [2.05, 4.69) is 16.1 Å². The summed E-state index contributed by atoms with van der Waals surface area (Å²) in [6.07, 6.45) is 0. The maximum Gasteiger partial charge on any atom is 0.255 e. The lowest BCUT2D eigenvalue weighted by molar-refractivity contribution is -0.120. The molecule has 5 N–H and O–H groups in total. The Labute approximate surface area is 185 Å². The number of carbonyl (C=O) groups excluding carboxylic acids is 2. The fourth-order valence-corrected chi connectivity index (χ4v) is 3.32. The van der Waals surface area contributed by atoms with Gasteiger partial charge in [0.2, 0.25) is 5.91 Å². The molecule has 0 radical (unpaired) electrons. The summed E-state index contributed by atoms with van der Waals surface area (Å²) in [4.78, 5) is 24.6. The minimum atomic E-state index is -0.392. The number of carbonyl (C=O) groups is 2. The van der Waals surface area contributed by atoms with Crippen LogP contribution in [0.5, 0.6) is 5.75 Å². The highest BCUT2D eigenvalue weighted by Gasteiger charge is 2.20. The van der Waals surface area contributed by atoms with Crippen LogP contribution >= 0.6 is 11.6 Å². The number of ether oxygens (including phenoxy) is 1. The van der Waals surface area contributed by atoms with Crippen LogP contribution in [0, 0.1) is 0 Å². The highest BCUT2D eigenvalue weighted by molar-refractivity contribution is 6.31. The molecule has 3 aromatic carbocycles. The van der Waals surface area contributed by atoms with Gasteiger partial charge < -0.3 is 10.1 Å². The molecule has 0 saturated carbocycles. The summed E-state index contributed by atoms with van der Waals surface area (Å²) >= 11 is 6.22. The Morgan fingerprint density at radius 2 is 1.81 bits per heavy atom. The lowest BCUT2D eigenvalue weighted by Gasteiger charge is -2.23. The van der Waals surface area contributed by atoms with Crippen molar-refractivity contribution >= 4 is 29.1 Å². The number of hydrazine groups is 1. The van der Waals surface area contributed by atoms with Crippen molar-refractivity contribution in [3.05, 3.63) is 94.5 Å². The molecule has 0 bridgehead atoms. The third-order valence-corrected chi connectivity index (χ3v) is 4.90. The fraction of sp³-hybridized carbons (Fsp3) is 0.130. The minimum Gasteiger partial charge on any atom is -0.497 e. The summed E-state index contributed by atoms with van der Waals surface area (Å²) < 4.78 is 5.20. The van der Waals surface area contributed by atoms with Crippen LogP contribution in [0.4, 0.5) is 5.69 Å². The number of nitrogens with one attached hydrogen (secondary N) is 3. The summed E-state index contributed by atoms with van der Waals surface area (Å²) in [5.74, 6) is 5.12. The standard InChI is InChI=1S/C23H23ClN4O3/c1-31-18-9-5-8-16(12-18)23(30)27-20-13-17(24)10-11-19(20)22(26-14-21(29)28-25)15-6-3-2-4-7-15/h2-13,22,26H,14,25H2,1H3,(H,27,30)(H,28,29). The number of hydrogen-bond donors (Lipinski definition) is 4. The first-order valence-electron chi connectivity index (χ1n) is 9.54. The van der Waals surface area contributed by atoms with Gasteiger partial charge >= 0.3 is 0 Å². The lowest BCUT2D eigenvalue weighted by atomic mass is 9.96. The first-order chi connectivity index (χ1) is 15.0. The number of halogens is 1. The van der Waals surface area contributed by atoms with E-state index in [0.29, 0.717) is 22.0 Å². The predicted molar refractivity (Wildman–Crippen MR) is 121 cm³/mol. The molecule has 1 unspecified atom stereocenters. The van der Waals surface area contributed by atoms with Crippen molar-refractivity contribution < 1.29 is 14.3 Å². The molecule has 0 heterocycles. The van der Waals surface area contributed by atoms with Gasteiger partial charge in [-0.1, -0.05) is 54.1 Å². The van der Waals surface area contributed by atoms with Crippen molar-refractivity contribution in [2.75, 3.05) is 19.0 Å². The number of hydrogen-bond acceptors (Lipinski definition) is 5. The molecule has 1 atom stereocenters. The number of nitrogens with two attached hydrogens (primary N) is 1. The summed E-state index contributed by atoms with van der Waals surface area (Å²) in [5.41, 5.74) is 4.73. The highest BCUT2D eigenvalue weighted by atomic mass is 35.5. The maximum atomic E-state index is 12.9. The van der Waals surface area contributed by atoms with Gasteiger partial charge in [-0.3, -0.25) is 20.3 Å². The van der Waals surface area contributed by atoms with E-state index >= 15 is 0 Å². The lowest BCUT2D eigenvalue weighted by Crippen LogP contribution is -2.39. The molecule has 31 heavy (non-hydrogen) atoms. The first-order valence-corrected chi connectivity index (χ1v) is 9.92. The Hall–Kier alpha value is -3.39. The first kappa shape index (κ1) is 22.3. The van der Waals surface area contributed by atoms with E-state index in [9.17, 15) is 9.59 Å². The van der Waals surface area contributed by atoms with Crippen molar-refractivity contribution in [2.45, 2.75) is 6.04 Å². The maximum absolute atomic E-state index is 12.9. The van der Waals surface area contributed by atoms with E-state index in [1.165, 1.54) is 0 Å². The van der Waals surface area contributed by atoms with Crippen molar-refractivity contribution in [2.24, 2.45) is 5.84 Å². The molecule has 7 nitrogen and oxygen atoms in total. The fourth-order valence-electron chi connectivity index (χ4n) is 3.15. The average Bonchev–Trinajstić information content (AvgIpc) is 2.80. The van der Waals surface area contributed by atoms with Crippen LogP contribution in [0.25, 0.3) is 0 Å². The zero-order chi connectivity index (χ0) is 22.2. The predicted octanol–water partition coefficient (Wildman–Crippen LogP) is 3.27. The SMILES string of the molecule is COc1cccc(C(=O)Nc2cc(Cl)ccc2C(NCC(=O)NN)c2ccccc2)c1. The quantitative estimate of drug-likeness (QED) is 0.245. The molecule has 3 aromatic rings. The molecule has 0 aliphatic rings. The second kappa shape index (κ2) is 10.6. The Morgan fingerprint density at radius 1 is 1.03 bits per heavy atom. The number of methoxy groups -OCH3 is 1. The third-order valence-electron chi connectivity index (χ3n) is 4.67. The molecule has 0 saturated heterocycles. The molecule has 160 valence electrons.